The Morgan fingerprint density at radius 1 is 1.42 bits per heavy atom. The van der Waals surface area contributed by atoms with Gasteiger partial charge in [0.2, 0.25) is 5.91 Å². The van der Waals surface area contributed by atoms with Crippen LogP contribution in [0.4, 0.5) is 5.69 Å². The predicted octanol–water partition coefficient (Wildman–Crippen LogP) is -2.47. The minimum atomic E-state index is -4.52. The Labute approximate surface area is 134 Å². The molecule has 0 bridgehead atoms. The summed E-state index contributed by atoms with van der Waals surface area (Å²) in [5.41, 5.74) is 4.05. The Hall–Kier alpha value is -0.440. The molecule has 0 saturated carbocycles. The molecule has 1 aromatic carbocycles. The normalized spacial score (nSPS) is 19.4. The first-order valence-electron chi connectivity index (χ1n) is 5.44. The van der Waals surface area contributed by atoms with E-state index in [1.165, 1.54) is 23.2 Å². The second-order valence-electron chi connectivity index (χ2n) is 4.37. The summed E-state index contributed by atoms with van der Waals surface area (Å²) in [6.45, 7) is 3.59. The van der Waals surface area contributed by atoms with E-state index in [9.17, 15) is 17.8 Å². The molecule has 0 aromatic heterocycles. The van der Waals surface area contributed by atoms with E-state index in [1.54, 1.807) is 6.92 Å². The topological polar surface area (TPSA) is 89.5 Å². The van der Waals surface area contributed by atoms with Gasteiger partial charge >= 0.3 is 29.6 Å². The zero-order valence-corrected chi connectivity index (χ0v) is 13.8. The van der Waals surface area contributed by atoms with Gasteiger partial charge in [0.05, 0.1) is 10.6 Å². The van der Waals surface area contributed by atoms with Crippen molar-refractivity contribution in [3.63, 3.8) is 0 Å². The van der Waals surface area contributed by atoms with Crippen LogP contribution in [-0.4, -0.2) is 24.9 Å². The van der Waals surface area contributed by atoms with Gasteiger partial charge < -0.3 is 4.55 Å². The average molecular weight is 292 g/mol. The third-order valence-corrected chi connectivity index (χ3v) is 3.62. The van der Waals surface area contributed by atoms with Crippen molar-refractivity contribution in [1.82, 2.24) is 5.43 Å². The smallest absolute Gasteiger partial charge is 0.744 e. The zero-order chi connectivity index (χ0) is 13.5. The van der Waals surface area contributed by atoms with Crippen molar-refractivity contribution in [1.29, 1.82) is 0 Å². The van der Waals surface area contributed by atoms with Crippen LogP contribution in [0.5, 0.6) is 0 Å². The van der Waals surface area contributed by atoms with Crippen LogP contribution < -0.4 is 40.0 Å². The van der Waals surface area contributed by atoms with Crippen LogP contribution >= 0.6 is 0 Å². The molecule has 8 heteroatoms. The number of anilines is 1. The number of rotatable bonds is 2. The van der Waals surface area contributed by atoms with Gasteiger partial charge in [0.15, 0.2) is 0 Å². The third-order valence-electron chi connectivity index (χ3n) is 2.79. The molecule has 0 spiro atoms. The monoisotopic (exact) mass is 292 g/mol. The number of hydrogen-bond acceptors (Lipinski definition) is 5. The van der Waals surface area contributed by atoms with Gasteiger partial charge in [0, 0.05) is 12.5 Å². The summed E-state index contributed by atoms with van der Waals surface area (Å²) in [5.74, 6) is -0.147. The molecule has 19 heavy (non-hydrogen) atoms. The van der Waals surface area contributed by atoms with Crippen molar-refractivity contribution in [3.8, 4) is 0 Å². The van der Waals surface area contributed by atoms with Crippen LogP contribution in [0, 0.1) is 6.92 Å². The van der Waals surface area contributed by atoms with E-state index in [0.717, 1.165) is 5.56 Å². The molecular formula is C11H13N2NaO4S. The Balaban J connectivity index is 0.00000180. The first-order chi connectivity index (χ1) is 8.29. The number of benzene rings is 1. The number of nitrogens with zero attached hydrogens (tertiary/aromatic N) is 1. The van der Waals surface area contributed by atoms with Crippen LogP contribution in [0.1, 0.15) is 18.9 Å². The van der Waals surface area contributed by atoms with Crippen LogP contribution in [0.3, 0.4) is 0 Å². The SMILES string of the molecule is Cc1ccc(S(=O)(=O)[O-])cc1N1NC(C)CC1=O.[Na+]. The standard InChI is InChI=1S/C11H14N2O4S.Na/c1-7-3-4-9(18(15,16)17)6-10(7)13-11(14)5-8(2)12-13;/h3-4,6,8,12H,5H2,1-2H3,(H,15,16,17);/q;+1/p-1. The summed E-state index contributed by atoms with van der Waals surface area (Å²) in [4.78, 5) is 11.4. The van der Waals surface area contributed by atoms with Gasteiger partial charge in [-0.05, 0) is 31.5 Å². The second kappa shape index (κ2) is 5.90. The van der Waals surface area contributed by atoms with Crippen molar-refractivity contribution in [2.45, 2.75) is 31.2 Å². The summed E-state index contributed by atoms with van der Waals surface area (Å²) in [6, 6.07) is 3.97. The minimum absolute atomic E-state index is 0. The maximum atomic E-state index is 11.7. The summed E-state index contributed by atoms with van der Waals surface area (Å²) >= 11 is 0. The zero-order valence-electron chi connectivity index (χ0n) is 11.0. The second-order valence-corrected chi connectivity index (χ2v) is 5.75. The summed E-state index contributed by atoms with van der Waals surface area (Å²) in [5, 5.41) is 1.30. The molecule has 98 valence electrons. The van der Waals surface area contributed by atoms with Crippen molar-refractivity contribution in [3.05, 3.63) is 23.8 Å². The maximum absolute atomic E-state index is 11.7. The van der Waals surface area contributed by atoms with Crippen molar-refractivity contribution < 1.29 is 47.3 Å². The van der Waals surface area contributed by atoms with Gasteiger partial charge in [-0.3, -0.25) is 4.79 Å². The molecule has 1 amide bonds. The average Bonchev–Trinajstić information content (AvgIpc) is 2.56. The van der Waals surface area contributed by atoms with E-state index in [2.05, 4.69) is 5.43 Å². The summed E-state index contributed by atoms with van der Waals surface area (Å²) in [6.07, 6.45) is 0.341. The predicted molar refractivity (Wildman–Crippen MR) is 63.8 cm³/mol. The Bertz CT molecular complexity index is 603. The molecule has 1 aliphatic rings. The van der Waals surface area contributed by atoms with E-state index in [0.29, 0.717) is 12.1 Å². The molecule has 2 rings (SSSR count). The fraction of sp³-hybridized carbons (Fsp3) is 0.364. The fourth-order valence-electron chi connectivity index (χ4n) is 1.88. The Morgan fingerprint density at radius 2 is 2.05 bits per heavy atom. The van der Waals surface area contributed by atoms with Gasteiger partial charge in [-0.1, -0.05) is 6.07 Å². The van der Waals surface area contributed by atoms with Crippen molar-refractivity contribution >= 4 is 21.7 Å². The molecule has 1 saturated heterocycles. The molecular weight excluding hydrogens is 279 g/mol. The summed E-state index contributed by atoms with van der Waals surface area (Å²) in [7, 11) is -4.52. The van der Waals surface area contributed by atoms with Gasteiger partial charge in [-0.15, -0.1) is 0 Å². The minimum Gasteiger partial charge on any atom is -0.744 e. The molecule has 1 unspecified atom stereocenters. The Kier molecular flexibility index (Phi) is 5.16. The van der Waals surface area contributed by atoms with Crippen LogP contribution in [0.25, 0.3) is 0 Å². The van der Waals surface area contributed by atoms with E-state index < -0.39 is 10.1 Å². The molecule has 0 aliphatic carbocycles. The molecule has 1 fully saturated rings. The molecule has 1 aromatic rings. The number of nitrogens with one attached hydrogen (secondary N) is 1. The number of amides is 1. The van der Waals surface area contributed by atoms with Crippen LogP contribution in [0.2, 0.25) is 0 Å². The molecule has 1 heterocycles. The molecule has 1 atom stereocenters. The molecule has 1 aliphatic heterocycles. The van der Waals surface area contributed by atoms with E-state index in [4.69, 9.17) is 0 Å². The van der Waals surface area contributed by atoms with E-state index >= 15 is 0 Å². The largest absolute Gasteiger partial charge is 1.00 e. The van der Waals surface area contributed by atoms with Crippen LogP contribution in [0.15, 0.2) is 23.1 Å². The number of carbonyl (C=O) groups is 1. The maximum Gasteiger partial charge on any atom is 1.00 e. The van der Waals surface area contributed by atoms with Crippen molar-refractivity contribution in [2.24, 2.45) is 0 Å². The Morgan fingerprint density at radius 3 is 2.53 bits per heavy atom. The molecule has 6 nitrogen and oxygen atoms in total. The number of hydrogen-bond donors (Lipinski definition) is 1. The number of aryl methyl sites for hydroxylation is 1. The van der Waals surface area contributed by atoms with Gasteiger partial charge in [0.25, 0.3) is 0 Å². The van der Waals surface area contributed by atoms with Crippen molar-refractivity contribution in [2.75, 3.05) is 5.01 Å². The van der Waals surface area contributed by atoms with Gasteiger partial charge in [-0.25, -0.2) is 18.9 Å². The molecule has 1 N–H and O–H groups in total. The van der Waals surface area contributed by atoms with Gasteiger partial charge in [-0.2, -0.15) is 0 Å². The fourth-order valence-corrected chi connectivity index (χ4v) is 2.37. The molecule has 0 radical (unpaired) electrons. The quantitative estimate of drug-likeness (QED) is 0.482. The van der Waals surface area contributed by atoms with E-state index in [-0.39, 0.29) is 46.4 Å². The summed E-state index contributed by atoms with van der Waals surface area (Å²) < 4.78 is 32.9. The first kappa shape index (κ1) is 16.6. The first-order valence-corrected chi connectivity index (χ1v) is 6.85. The van der Waals surface area contributed by atoms with Gasteiger partial charge in [0.1, 0.15) is 10.1 Å². The van der Waals surface area contributed by atoms with E-state index in [1.807, 2.05) is 6.92 Å². The van der Waals surface area contributed by atoms with Crippen LogP contribution in [-0.2, 0) is 14.9 Å². The number of carbonyl (C=O) groups excluding carboxylic acids is 1. The third kappa shape index (κ3) is 3.56. The number of hydrazine groups is 1.